The molecule has 0 aliphatic carbocycles. The highest BCUT2D eigenvalue weighted by Gasteiger charge is 2.47. The molecule has 3 aromatic rings. The van der Waals surface area contributed by atoms with Gasteiger partial charge in [-0.05, 0) is 68.1 Å². The largest absolute Gasteiger partial charge is 0.300 e. The van der Waals surface area contributed by atoms with Crippen LogP contribution in [0.25, 0.3) is 10.2 Å². The van der Waals surface area contributed by atoms with E-state index >= 15 is 0 Å². The van der Waals surface area contributed by atoms with Crippen molar-refractivity contribution < 1.29 is 0 Å². The number of likely N-dealkylation sites (N-methyl/N-ethyl adjacent to an activating group) is 1. The van der Waals surface area contributed by atoms with Gasteiger partial charge in [-0.25, -0.2) is 4.98 Å². The molecule has 2 saturated heterocycles. The molecule has 2 bridgehead atoms. The summed E-state index contributed by atoms with van der Waals surface area (Å²) in [4.78, 5) is 7.62. The normalized spacial score (nSPS) is 28.7. The molecular weight excluding hydrogens is 383 g/mol. The van der Waals surface area contributed by atoms with Crippen molar-refractivity contribution in [1.82, 2.24) is 9.88 Å². The fourth-order valence-electron chi connectivity index (χ4n) is 4.92. The van der Waals surface area contributed by atoms with Crippen molar-refractivity contribution in [3.8, 4) is 0 Å². The van der Waals surface area contributed by atoms with Crippen molar-refractivity contribution in [3.63, 3.8) is 0 Å². The van der Waals surface area contributed by atoms with Gasteiger partial charge in [-0.1, -0.05) is 35.3 Å². The van der Waals surface area contributed by atoms with Gasteiger partial charge in [0.1, 0.15) is 0 Å². The summed E-state index contributed by atoms with van der Waals surface area (Å²) in [6.07, 6.45) is 3.74. The average molecular weight is 403 g/mol. The van der Waals surface area contributed by atoms with E-state index < -0.39 is 0 Å². The van der Waals surface area contributed by atoms with Crippen molar-refractivity contribution in [2.24, 2.45) is 0 Å². The minimum Gasteiger partial charge on any atom is -0.300 e. The Morgan fingerprint density at radius 3 is 2.62 bits per heavy atom. The van der Waals surface area contributed by atoms with E-state index in [1.807, 2.05) is 41.7 Å². The van der Waals surface area contributed by atoms with E-state index in [4.69, 9.17) is 28.2 Å². The molecule has 2 aromatic carbocycles. The summed E-state index contributed by atoms with van der Waals surface area (Å²) < 4.78 is 1.19. The van der Waals surface area contributed by atoms with Gasteiger partial charge < -0.3 is 0 Å². The second-order valence-electron chi connectivity index (χ2n) is 7.55. The van der Waals surface area contributed by atoms with Gasteiger partial charge in [-0.2, -0.15) is 0 Å². The van der Waals surface area contributed by atoms with Crippen LogP contribution in [0.3, 0.4) is 0 Å². The summed E-state index contributed by atoms with van der Waals surface area (Å²) in [6, 6.07) is 15.7. The molecular formula is C21H20Cl2N2S. The van der Waals surface area contributed by atoms with Crippen molar-refractivity contribution >= 4 is 44.8 Å². The zero-order chi connectivity index (χ0) is 17.8. The number of benzene rings is 2. The van der Waals surface area contributed by atoms with E-state index in [0.717, 1.165) is 15.6 Å². The summed E-state index contributed by atoms with van der Waals surface area (Å²) in [7, 11) is 2.29. The fourth-order valence-corrected chi connectivity index (χ4v) is 6.51. The number of halogens is 2. The Morgan fingerprint density at radius 1 is 1.04 bits per heavy atom. The second-order valence-corrected chi connectivity index (χ2v) is 9.48. The molecule has 0 spiro atoms. The number of nitrogens with zero attached hydrogens (tertiary/aromatic N) is 2. The SMILES string of the molecule is CN1C2CC[C@@H]1C[C@H](c1ccc(Cl)cc1)[C@@H]2c1nc2ccc(Cl)cc2s1. The zero-order valence-corrected chi connectivity index (χ0v) is 16.9. The molecule has 0 amide bonds. The van der Waals surface area contributed by atoms with Gasteiger partial charge in [0.05, 0.1) is 15.2 Å². The summed E-state index contributed by atoms with van der Waals surface area (Å²) >= 11 is 14.1. The first kappa shape index (κ1) is 17.0. The van der Waals surface area contributed by atoms with Gasteiger partial charge in [0.2, 0.25) is 0 Å². The maximum atomic E-state index is 6.20. The molecule has 2 aliphatic heterocycles. The minimum absolute atomic E-state index is 0.427. The van der Waals surface area contributed by atoms with E-state index in [-0.39, 0.29) is 0 Å². The van der Waals surface area contributed by atoms with Crippen molar-refractivity contribution in [2.75, 3.05) is 7.05 Å². The van der Waals surface area contributed by atoms with Crippen LogP contribution in [0.15, 0.2) is 42.5 Å². The van der Waals surface area contributed by atoms with E-state index in [2.05, 4.69) is 24.1 Å². The summed E-state index contributed by atoms with van der Waals surface area (Å²) in [6.45, 7) is 0. The summed E-state index contributed by atoms with van der Waals surface area (Å²) in [5, 5.41) is 2.83. The van der Waals surface area contributed by atoms with Gasteiger partial charge in [0, 0.05) is 28.0 Å². The first-order valence-electron chi connectivity index (χ1n) is 9.13. The Bertz CT molecular complexity index is 952. The number of fused-ring (bicyclic) bond motifs is 3. The number of rotatable bonds is 2. The molecule has 26 heavy (non-hydrogen) atoms. The zero-order valence-electron chi connectivity index (χ0n) is 14.5. The highest BCUT2D eigenvalue weighted by atomic mass is 35.5. The number of aromatic nitrogens is 1. The lowest BCUT2D eigenvalue weighted by Gasteiger charge is -2.42. The van der Waals surface area contributed by atoms with Crippen LogP contribution in [0.1, 0.15) is 41.7 Å². The third-order valence-electron chi connectivity index (χ3n) is 6.22. The minimum atomic E-state index is 0.427. The van der Waals surface area contributed by atoms with E-state index in [1.165, 1.54) is 34.5 Å². The molecule has 0 radical (unpaired) electrons. The molecule has 4 atom stereocenters. The lowest BCUT2D eigenvalue weighted by atomic mass is 9.76. The fraction of sp³-hybridized carbons (Fsp3) is 0.381. The molecule has 5 heteroatoms. The maximum absolute atomic E-state index is 6.20. The molecule has 0 saturated carbocycles. The Labute approximate surface area is 167 Å². The van der Waals surface area contributed by atoms with Gasteiger partial charge in [-0.3, -0.25) is 4.90 Å². The van der Waals surface area contributed by atoms with E-state index in [9.17, 15) is 0 Å². The molecule has 1 aromatic heterocycles. The van der Waals surface area contributed by atoms with Gasteiger partial charge >= 0.3 is 0 Å². The Morgan fingerprint density at radius 2 is 1.81 bits per heavy atom. The Hall–Kier alpha value is -1.13. The van der Waals surface area contributed by atoms with Crippen LogP contribution in [0.2, 0.25) is 10.0 Å². The summed E-state index contributed by atoms with van der Waals surface area (Å²) in [5.74, 6) is 0.924. The molecule has 2 nitrogen and oxygen atoms in total. The lowest BCUT2D eigenvalue weighted by molar-refractivity contribution is 0.137. The molecule has 1 unspecified atom stereocenters. The first-order valence-corrected chi connectivity index (χ1v) is 10.7. The first-order chi connectivity index (χ1) is 12.6. The Balaban J connectivity index is 1.61. The van der Waals surface area contributed by atoms with Crippen LogP contribution in [0.4, 0.5) is 0 Å². The third kappa shape index (κ3) is 2.77. The number of piperidine rings is 1. The maximum Gasteiger partial charge on any atom is 0.0991 e. The second kappa shape index (κ2) is 6.49. The van der Waals surface area contributed by atoms with Crippen LogP contribution in [-0.2, 0) is 0 Å². The van der Waals surface area contributed by atoms with Crippen molar-refractivity contribution in [2.45, 2.75) is 43.2 Å². The molecule has 5 rings (SSSR count). The van der Waals surface area contributed by atoms with Gasteiger partial charge in [0.25, 0.3) is 0 Å². The van der Waals surface area contributed by atoms with Crippen LogP contribution < -0.4 is 0 Å². The average Bonchev–Trinajstić information content (AvgIpc) is 3.13. The third-order valence-corrected chi connectivity index (χ3v) is 7.83. The van der Waals surface area contributed by atoms with E-state index in [0.29, 0.717) is 23.9 Å². The topological polar surface area (TPSA) is 16.1 Å². The van der Waals surface area contributed by atoms with Gasteiger partial charge in [0.15, 0.2) is 0 Å². The molecule has 134 valence electrons. The predicted molar refractivity (Wildman–Crippen MR) is 111 cm³/mol. The number of thiazole rings is 1. The van der Waals surface area contributed by atoms with Crippen LogP contribution in [0, 0.1) is 0 Å². The van der Waals surface area contributed by atoms with Crippen LogP contribution in [0.5, 0.6) is 0 Å². The smallest absolute Gasteiger partial charge is 0.0991 e. The molecule has 2 aliphatic rings. The van der Waals surface area contributed by atoms with Crippen molar-refractivity contribution in [1.29, 1.82) is 0 Å². The molecule has 2 fully saturated rings. The molecule has 0 N–H and O–H groups in total. The quantitative estimate of drug-likeness (QED) is 0.497. The highest BCUT2D eigenvalue weighted by Crippen LogP contribution is 2.52. The number of hydrogen-bond acceptors (Lipinski definition) is 3. The standard InChI is InChI=1S/C21H20Cl2N2S/c1-25-15-7-9-18(25)20(16(11-15)12-2-4-13(22)5-3-12)21-24-17-8-6-14(23)10-19(17)26-21/h2-6,8,10,15-16,18,20H,7,9,11H2,1H3/t15-,16-,18?,20+/m1/s1. The monoisotopic (exact) mass is 402 g/mol. The number of hydrogen-bond donors (Lipinski definition) is 0. The van der Waals surface area contributed by atoms with Crippen LogP contribution in [-0.4, -0.2) is 29.0 Å². The highest BCUT2D eigenvalue weighted by molar-refractivity contribution is 7.18. The predicted octanol–water partition coefficient (Wildman–Crippen LogP) is 6.34. The van der Waals surface area contributed by atoms with Gasteiger partial charge in [-0.15, -0.1) is 11.3 Å². The summed E-state index contributed by atoms with van der Waals surface area (Å²) in [5.41, 5.74) is 2.45. The van der Waals surface area contributed by atoms with Crippen molar-refractivity contribution in [3.05, 3.63) is 63.1 Å². The Kier molecular flexibility index (Phi) is 4.24. The van der Waals surface area contributed by atoms with Crippen LogP contribution >= 0.6 is 34.5 Å². The van der Waals surface area contributed by atoms with E-state index in [1.54, 1.807) is 0 Å². The molecule has 3 heterocycles. The lowest BCUT2D eigenvalue weighted by Crippen LogP contribution is -2.44.